The number of carboxylic acids is 1. The Kier molecular flexibility index (Phi) is 3.68. The molecule has 4 nitrogen and oxygen atoms in total. The van der Waals surface area contributed by atoms with E-state index in [-0.39, 0.29) is 6.42 Å². The molecular formula is C11H15NO3. The Bertz CT molecular complexity index is 363. The molecular weight excluding hydrogens is 194 g/mol. The van der Waals surface area contributed by atoms with Gasteiger partial charge in [0.15, 0.2) is 0 Å². The van der Waals surface area contributed by atoms with E-state index in [9.17, 15) is 4.79 Å². The van der Waals surface area contributed by atoms with Crippen LogP contribution in [0.1, 0.15) is 23.6 Å². The van der Waals surface area contributed by atoms with E-state index in [4.69, 9.17) is 15.6 Å². The van der Waals surface area contributed by atoms with Gasteiger partial charge >= 0.3 is 5.97 Å². The number of aryl methyl sites for hydroxylation is 1. The van der Waals surface area contributed by atoms with Gasteiger partial charge in [-0.1, -0.05) is 12.1 Å². The molecule has 0 saturated carbocycles. The van der Waals surface area contributed by atoms with Crippen LogP contribution in [0.15, 0.2) is 18.2 Å². The molecule has 1 aromatic rings. The van der Waals surface area contributed by atoms with Gasteiger partial charge in [0.05, 0.1) is 13.5 Å². The summed E-state index contributed by atoms with van der Waals surface area (Å²) in [6.45, 7) is 1.90. The molecule has 4 heteroatoms. The summed E-state index contributed by atoms with van der Waals surface area (Å²) in [5.74, 6) is -0.114. The summed E-state index contributed by atoms with van der Waals surface area (Å²) in [4.78, 5) is 10.5. The van der Waals surface area contributed by atoms with Gasteiger partial charge in [0.1, 0.15) is 5.75 Å². The van der Waals surface area contributed by atoms with E-state index in [0.29, 0.717) is 0 Å². The molecule has 0 spiro atoms. The minimum Gasteiger partial charge on any atom is -0.496 e. The number of hydrogen-bond acceptors (Lipinski definition) is 3. The fraction of sp³-hybridized carbons (Fsp3) is 0.364. The van der Waals surface area contributed by atoms with Gasteiger partial charge in [-0.15, -0.1) is 0 Å². The zero-order chi connectivity index (χ0) is 11.4. The maximum absolute atomic E-state index is 10.5. The van der Waals surface area contributed by atoms with Crippen molar-refractivity contribution < 1.29 is 14.6 Å². The number of carboxylic acid groups (broad SMARTS) is 1. The van der Waals surface area contributed by atoms with Crippen LogP contribution in [-0.2, 0) is 4.79 Å². The third-order valence-electron chi connectivity index (χ3n) is 2.24. The van der Waals surface area contributed by atoms with Crippen LogP contribution >= 0.6 is 0 Å². The Morgan fingerprint density at radius 3 is 2.73 bits per heavy atom. The standard InChI is InChI=1S/C11H15NO3/c1-7-5-8(3-4-10(7)15-2)9(12)6-11(13)14/h3-5,9H,6,12H2,1-2H3,(H,13,14)/t9-/m1/s1. The highest BCUT2D eigenvalue weighted by Gasteiger charge is 2.11. The zero-order valence-electron chi connectivity index (χ0n) is 8.86. The lowest BCUT2D eigenvalue weighted by atomic mass is 10.0. The quantitative estimate of drug-likeness (QED) is 0.787. The van der Waals surface area contributed by atoms with E-state index in [0.717, 1.165) is 16.9 Å². The molecule has 1 atom stereocenters. The Hall–Kier alpha value is -1.55. The highest BCUT2D eigenvalue weighted by Crippen LogP contribution is 2.22. The largest absolute Gasteiger partial charge is 0.496 e. The molecule has 0 saturated heterocycles. The molecule has 82 valence electrons. The smallest absolute Gasteiger partial charge is 0.305 e. The van der Waals surface area contributed by atoms with Crippen molar-refractivity contribution in [3.63, 3.8) is 0 Å². The topological polar surface area (TPSA) is 72.5 Å². The zero-order valence-corrected chi connectivity index (χ0v) is 8.86. The van der Waals surface area contributed by atoms with Gasteiger partial charge in [0.25, 0.3) is 0 Å². The number of carbonyl (C=O) groups is 1. The van der Waals surface area contributed by atoms with Crippen molar-refractivity contribution in [2.75, 3.05) is 7.11 Å². The van der Waals surface area contributed by atoms with Crippen LogP contribution < -0.4 is 10.5 Å². The van der Waals surface area contributed by atoms with E-state index in [1.165, 1.54) is 0 Å². The van der Waals surface area contributed by atoms with Crippen molar-refractivity contribution in [3.05, 3.63) is 29.3 Å². The Labute approximate surface area is 88.7 Å². The first-order valence-corrected chi connectivity index (χ1v) is 4.66. The van der Waals surface area contributed by atoms with Gasteiger partial charge in [-0.25, -0.2) is 0 Å². The lowest BCUT2D eigenvalue weighted by Crippen LogP contribution is -2.15. The third kappa shape index (κ3) is 2.95. The van der Waals surface area contributed by atoms with E-state index in [2.05, 4.69) is 0 Å². The van der Waals surface area contributed by atoms with Gasteiger partial charge in [-0.2, -0.15) is 0 Å². The lowest BCUT2D eigenvalue weighted by molar-refractivity contribution is -0.137. The molecule has 1 aromatic carbocycles. The van der Waals surface area contributed by atoms with E-state index >= 15 is 0 Å². The average Bonchev–Trinajstić information content (AvgIpc) is 2.16. The number of ether oxygens (including phenoxy) is 1. The monoisotopic (exact) mass is 209 g/mol. The van der Waals surface area contributed by atoms with Gasteiger partial charge in [0.2, 0.25) is 0 Å². The second kappa shape index (κ2) is 4.79. The summed E-state index contributed by atoms with van der Waals surface area (Å²) in [7, 11) is 1.60. The first-order valence-electron chi connectivity index (χ1n) is 4.66. The van der Waals surface area contributed by atoms with Crippen molar-refractivity contribution in [3.8, 4) is 5.75 Å². The van der Waals surface area contributed by atoms with Crippen molar-refractivity contribution in [2.45, 2.75) is 19.4 Å². The molecule has 0 aliphatic heterocycles. The Balaban J connectivity index is 2.87. The highest BCUT2D eigenvalue weighted by molar-refractivity contribution is 5.67. The fourth-order valence-corrected chi connectivity index (χ4v) is 1.44. The molecule has 0 fully saturated rings. The van der Waals surface area contributed by atoms with E-state index in [1.54, 1.807) is 19.2 Å². The summed E-state index contributed by atoms with van der Waals surface area (Å²) in [5.41, 5.74) is 7.50. The normalized spacial score (nSPS) is 12.2. The van der Waals surface area contributed by atoms with Gasteiger partial charge in [0, 0.05) is 6.04 Å². The minimum atomic E-state index is -0.893. The second-order valence-electron chi connectivity index (χ2n) is 3.43. The molecule has 3 N–H and O–H groups in total. The van der Waals surface area contributed by atoms with Crippen molar-refractivity contribution in [1.82, 2.24) is 0 Å². The van der Waals surface area contributed by atoms with Crippen LogP contribution in [0, 0.1) is 6.92 Å². The first kappa shape index (κ1) is 11.5. The fourth-order valence-electron chi connectivity index (χ4n) is 1.44. The molecule has 0 bridgehead atoms. The maximum Gasteiger partial charge on any atom is 0.305 e. The van der Waals surface area contributed by atoms with Crippen LogP contribution in [-0.4, -0.2) is 18.2 Å². The van der Waals surface area contributed by atoms with Crippen molar-refractivity contribution in [2.24, 2.45) is 5.73 Å². The molecule has 0 aliphatic carbocycles. The molecule has 1 rings (SSSR count). The summed E-state index contributed by atoms with van der Waals surface area (Å²) >= 11 is 0. The third-order valence-corrected chi connectivity index (χ3v) is 2.24. The van der Waals surface area contributed by atoms with Crippen LogP contribution in [0.2, 0.25) is 0 Å². The predicted molar refractivity (Wildman–Crippen MR) is 56.9 cm³/mol. The van der Waals surface area contributed by atoms with E-state index in [1.807, 2.05) is 13.0 Å². The first-order chi connectivity index (χ1) is 7.04. The number of hydrogen-bond donors (Lipinski definition) is 2. The van der Waals surface area contributed by atoms with Crippen molar-refractivity contribution >= 4 is 5.97 Å². The Morgan fingerprint density at radius 2 is 2.27 bits per heavy atom. The lowest BCUT2D eigenvalue weighted by Gasteiger charge is -2.12. The minimum absolute atomic E-state index is 0.0637. The van der Waals surface area contributed by atoms with Crippen LogP contribution in [0.5, 0.6) is 5.75 Å². The predicted octanol–water partition coefficient (Wildman–Crippen LogP) is 1.48. The average molecular weight is 209 g/mol. The number of benzene rings is 1. The van der Waals surface area contributed by atoms with Gasteiger partial charge in [-0.3, -0.25) is 4.79 Å². The molecule has 0 unspecified atom stereocenters. The SMILES string of the molecule is COc1ccc([C@H](N)CC(=O)O)cc1C. The number of aliphatic carboxylic acids is 1. The molecule has 0 aromatic heterocycles. The van der Waals surface area contributed by atoms with Crippen LogP contribution in [0.25, 0.3) is 0 Å². The highest BCUT2D eigenvalue weighted by atomic mass is 16.5. The Morgan fingerprint density at radius 1 is 1.60 bits per heavy atom. The summed E-state index contributed by atoms with van der Waals surface area (Å²) in [5, 5.41) is 8.61. The molecule has 0 amide bonds. The van der Waals surface area contributed by atoms with Crippen LogP contribution in [0.4, 0.5) is 0 Å². The molecule has 15 heavy (non-hydrogen) atoms. The summed E-state index contributed by atoms with van der Waals surface area (Å²) < 4.78 is 5.10. The summed E-state index contributed by atoms with van der Waals surface area (Å²) in [6.07, 6.45) is -0.0637. The number of nitrogens with two attached hydrogens (primary N) is 1. The molecule has 0 radical (unpaired) electrons. The van der Waals surface area contributed by atoms with Crippen molar-refractivity contribution in [1.29, 1.82) is 0 Å². The number of rotatable bonds is 4. The molecule has 0 aliphatic rings. The summed E-state index contributed by atoms with van der Waals surface area (Å²) in [6, 6.07) is 4.98. The maximum atomic E-state index is 10.5. The van der Waals surface area contributed by atoms with Gasteiger partial charge < -0.3 is 15.6 Å². The second-order valence-corrected chi connectivity index (χ2v) is 3.43. The number of methoxy groups -OCH3 is 1. The van der Waals surface area contributed by atoms with Crippen LogP contribution in [0.3, 0.4) is 0 Å². The van der Waals surface area contributed by atoms with Gasteiger partial charge in [-0.05, 0) is 24.1 Å². The molecule has 0 heterocycles. The van der Waals surface area contributed by atoms with E-state index < -0.39 is 12.0 Å².